The number of aromatic nitrogens is 3. The second kappa shape index (κ2) is 8.02. The van der Waals surface area contributed by atoms with Crippen LogP contribution in [0.5, 0.6) is 0 Å². The molecule has 8 nitrogen and oxygen atoms in total. The van der Waals surface area contributed by atoms with Gasteiger partial charge in [0, 0.05) is 35.1 Å². The van der Waals surface area contributed by atoms with Gasteiger partial charge in [0.1, 0.15) is 6.33 Å². The maximum Gasteiger partial charge on any atom is 0.238 e. The lowest BCUT2D eigenvalue weighted by molar-refractivity contribution is -0.120. The number of H-pyrrole nitrogens is 1. The monoisotopic (exact) mass is 327 g/mol. The number of nitrogen functional groups attached to an aromatic ring is 1. The van der Waals surface area contributed by atoms with E-state index in [0.717, 1.165) is 5.56 Å². The Bertz CT molecular complexity index is 735. The number of anilines is 1. The molecule has 24 heavy (non-hydrogen) atoms. The molecule has 0 bridgehead atoms. The number of nitrogens with zero attached hydrogens (tertiary/aromatic N) is 3. The zero-order valence-corrected chi connectivity index (χ0v) is 13.7. The summed E-state index contributed by atoms with van der Waals surface area (Å²) in [7, 11) is 3.65. The molecule has 1 heterocycles. The molecular formula is C16H21N7O. The predicted molar refractivity (Wildman–Crippen MR) is 93.5 cm³/mol. The van der Waals surface area contributed by atoms with Crippen LogP contribution < -0.4 is 11.1 Å². The standard InChI is InChI=1S/C16H21N7O/c1-23(2)9-15(24)19-7-3-4-13(17)12-8-11(5-6-14(12)18)16-20-10-21-22-16/h3,5-8,10,17H,4,9,18H2,1-2H3,(H,19,24)(H,20,21,22)/b7-3+,17-13?. The fraction of sp³-hybridized carbons (Fsp3) is 0.250. The van der Waals surface area contributed by atoms with Gasteiger partial charge >= 0.3 is 0 Å². The smallest absolute Gasteiger partial charge is 0.238 e. The van der Waals surface area contributed by atoms with E-state index in [1.165, 1.54) is 6.33 Å². The average Bonchev–Trinajstić information content (AvgIpc) is 3.05. The summed E-state index contributed by atoms with van der Waals surface area (Å²) in [6, 6.07) is 5.37. The second-order valence-corrected chi connectivity index (χ2v) is 5.53. The average molecular weight is 327 g/mol. The van der Waals surface area contributed by atoms with Gasteiger partial charge in [0.25, 0.3) is 0 Å². The molecule has 0 aliphatic heterocycles. The number of nitrogens with one attached hydrogen (secondary N) is 3. The van der Waals surface area contributed by atoms with Crippen molar-refractivity contribution in [2.45, 2.75) is 6.42 Å². The van der Waals surface area contributed by atoms with Crippen molar-refractivity contribution in [3.05, 3.63) is 42.4 Å². The van der Waals surface area contributed by atoms with Crippen molar-refractivity contribution in [2.75, 3.05) is 26.4 Å². The first-order chi connectivity index (χ1) is 11.5. The summed E-state index contributed by atoms with van der Waals surface area (Å²) < 4.78 is 0. The van der Waals surface area contributed by atoms with Gasteiger partial charge in [-0.25, -0.2) is 4.98 Å². The maximum atomic E-state index is 11.5. The van der Waals surface area contributed by atoms with Gasteiger partial charge in [-0.15, -0.1) is 0 Å². The summed E-state index contributed by atoms with van der Waals surface area (Å²) >= 11 is 0. The molecule has 2 rings (SSSR count). The number of benzene rings is 1. The Morgan fingerprint density at radius 3 is 2.92 bits per heavy atom. The quantitative estimate of drug-likeness (QED) is 0.446. The fourth-order valence-electron chi connectivity index (χ4n) is 2.08. The lowest BCUT2D eigenvalue weighted by Gasteiger charge is -2.08. The Labute approximate surface area is 140 Å². The molecule has 5 N–H and O–H groups in total. The number of allylic oxidation sites excluding steroid dienone is 1. The first kappa shape index (κ1) is 17.4. The van der Waals surface area contributed by atoms with Gasteiger partial charge in [0.2, 0.25) is 5.91 Å². The van der Waals surface area contributed by atoms with Gasteiger partial charge in [-0.2, -0.15) is 5.10 Å². The lowest BCUT2D eigenvalue weighted by Crippen LogP contribution is -2.29. The second-order valence-electron chi connectivity index (χ2n) is 5.53. The summed E-state index contributed by atoms with van der Waals surface area (Å²) in [6.07, 6.45) is 5.05. The number of hydrogen-bond donors (Lipinski definition) is 4. The van der Waals surface area contributed by atoms with Crippen LogP contribution >= 0.6 is 0 Å². The van der Waals surface area contributed by atoms with Crippen molar-refractivity contribution in [3.8, 4) is 11.4 Å². The number of likely N-dealkylation sites (N-methyl/N-ethyl adjacent to an activating group) is 1. The van der Waals surface area contributed by atoms with Crippen LogP contribution in [-0.4, -0.2) is 52.3 Å². The van der Waals surface area contributed by atoms with E-state index in [4.69, 9.17) is 11.1 Å². The summed E-state index contributed by atoms with van der Waals surface area (Å²) in [5.41, 5.74) is 8.28. The van der Waals surface area contributed by atoms with Crippen LogP contribution in [-0.2, 0) is 4.79 Å². The topological polar surface area (TPSA) is 124 Å². The van der Waals surface area contributed by atoms with E-state index in [0.29, 0.717) is 35.8 Å². The van der Waals surface area contributed by atoms with Crippen LogP contribution in [0.25, 0.3) is 11.4 Å². The van der Waals surface area contributed by atoms with Crippen LogP contribution in [0.2, 0.25) is 0 Å². The Hall–Kier alpha value is -3.00. The number of carbonyl (C=O) groups excluding carboxylic acids is 1. The normalized spacial score (nSPS) is 11.1. The number of carbonyl (C=O) groups is 1. The highest BCUT2D eigenvalue weighted by Gasteiger charge is 2.09. The molecule has 0 radical (unpaired) electrons. The zero-order chi connectivity index (χ0) is 17.5. The zero-order valence-electron chi connectivity index (χ0n) is 13.7. The van der Waals surface area contributed by atoms with Gasteiger partial charge in [-0.05, 0) is 32.3 Å². The minimum Gasteiger partial charge on any atom is -0.398 e. The van der Waals surface area contributed by atoms with Crippen LogP contribution in [0.15, 0.2) is 36.8 Å². The van der Waals surface area contributed by atoms with Gasteiger partial charge < -0.3 is 21.4 Å². The minimum absolute atomic E-state index is 0.102. The molecule has 0 unspecified atom stereocenters. The molecule has 8 heteroatoms. The third-order valence-electron chi connectivity index (χ3n) is 3.21. The van der Waals surface area contributed by atoms with Crippen molar-refractivity contribution in [2.24, 2.45) is 0 Å². The summed E-state index contributed by atoms with van der Waals surface area (Å²) in [6.45, 7) is 0.313. The highest BCUT2D eigenvalue weighted by molar-refractivity contribution is 6.04. The number of amides is 1. The van der Waals surface area contributed by atoms with Crippen molar-refractivity contribution < 1.29 is 4.79 Å². The molecule has 0 fully saturated rings. The molecule has 0 saturated heterocycles. The van der Waals surface area contributed by atoms with Crippen molar-refractivity contribution in [1.29, 1.82) is 5.41 Å². The largest absolute Gasteiger partial charge is 0.398 e. The SMILES string of the molecule is CN(C)CC(=O)N/C=C/CC(=N)c1cc(-c2ncn[nH]2)ccc1N. The van der Waals surface area contributed by atoms with E-state index in [9.17, 15) is 4.79 Å². The van der Waals surface area contributed by atoms with Gasteiger partial charge in [-0.1, -0.05) is 6.08 Å². The molecule has 0 spiro atoms. The number of nitrogens with two attached hydrogens (primary N) is 1. The van der Waals surface area contributed by atoms with E-state index in [1.54, 1.807) is 29.3 Å². The molecular weight excluding hydrogens is 306 g/mol. The maximum absolute atomic E-state index is 11.5. The number of aromatic amines is 1. The fourth-order valence-corrected chi connectivity index (χ4v) is 2.08. The van der Waals surface area contributed by atoms with E-state index < -0.39 is 0 Å². The Morgan fingerprint density at radius 1 is 1.46 bits per heavy atom. The van der Waals surface area contributed by atoms with Gasteiger partial charge in [-0.3, -0.25) is 9.89 Å². The molecule has 0 saturated carbocycles. The van der Waals surface area contributed by atoms with Crippen molar-refractivity contribution >= 4 is 17.3 Å². The minimum atomic E-state index is -0.102. The Kier molecular flexibility index (Phi) is 5.80. The highest BCUT2D eigenvalue weighted by atomic mass is 16.1. The van der Waals surface area contributed by atoms with Crippen LogP contribution in [0, 0.1) is 5.41 Å². The van der Waals surface area contributed by atoms with Crippen molar-refractivity contribution in [1.82, 2.24) is 25.4 Å². The third-order valence-corrected chi connectivity index (χ3v) is 3.21. The number of rotatable bonds is 7. The molecule has 0 aliphatic rings. The van der Waals surface area contributed by atoms with Gasteiger partial charge in [0.15, 0.2) is 5.82 Å². The molecule has 0 aliphatic carbocycles. The first-order valence-electron chi connectivity index (χ1n) is 7.39. The van der Waals surface area contributed by atoms with E-state index in [2.05, 4.69) is 20.5 Å². The van der Waals surface area contributed by atoms with Crippen molar-refractivity contribution in [3.63, 3.8) is 0 Å². The first-order valence-corrected chi connectivity index (χ1v) is 7.39. The Morgan fingerprint density at radius 2 is 2.25 bits per heavy atom. The van der Waals surface area contributed by atoms with E-state index >= 15 is 0 Å². The van der Waals surface area contributed by atoms with E-state index in [-0.39, 0.29) is 5.91 Å². The van der Waals surface area contributed by atoms with Crippen LogP contribution in [0.3, 0.4) is 0 Å². The molecule has 1 aromatic carbocycles. The third kappa shape index (κ3) is 4.75. The summed E-state index contributed by atoms with van der Waals surface area (Å²) in [4.78, 5) is 17.4. The molecule has 1 aromatic heterocycles. The van der Waals surface area contributed by atoms with Crippen LogP contribution in [0.1, 0.15) is 12.0 Å². The molecule has 0 atom stereocenters. The Balaban J connectivity index is 1.99. The predicted octanol–water partition coefficient (Wildman–Crippen LogP) is 1.00. The lowest BCUT2D eigenvalue weighted by atomic mass is 10.0. The summed E-state index contributed by atoms with van der Waals surface area (Å²) in [5, 5.41) is 17.4. The van der Waals surface area contributed by atoms with Crippen LogP contribution in [0.4, 0.5) is 5.69 Å². The molecule has 126 valence electrons. The molecule has 1 amide bonds. The molecule has 2 aromatic rings. The van der Waals surface area contributed by atoms with Gasteiger partial charge in [0.05, 0.1) is 6.54 Å². The highest BCUT2D eigenvalue weighted by Crippen LogP contribution is 2.21. The summed E-state index contributed by atoms with van der Waals surface area (Å²) in [5.74, 6) is 0.519. The van der Waals surface area contributed by atoms with E-state index in [1.807, 2.05) is 20.2 Å². The number of hydrogen-bond acceptors (Lipinski definition) is 6.